The fourth-order valence-electron chi connectivity index (χ4n) is 5.64. The number of rotatable bonds is 3. The van der Waals surface area contributed by atoms with Crippen molar-refractivity contribution in [2.75, 3.05) is 31.1 Å². The summed E-state index contributed by atoms with van der Waals surface area (Å²) in [5, 5.41) is 6.71. The Hall–Kier alpha value is -0.810. The molecule has 2 aliphatic rings. The van der Waals surface area contributed by atoms with Crippen molar-refractivity contribution < 1.29 is 0 Å². The minimum atomic E-state index is 0. The van der Waals surface area contributed by atoms with Gasteiger partial charge in [0, 0.05) is 49.0 Å². The van der Waals surface area contributed by atoms with Crippen LogP contribution in [0.1, 0.15) is 58.4 Å². The molecular weight excluding hydrogens is 421 g/mol. The average molecular weight is 457 g/mol. The molecule has 1 saturated heterocycles. The molecule has 0 radical (unpaired) electrons. The predicted octanol–water partition coefficient (Wildman–Crippen LogP) is 6.38. The number of hydrogen-bond acceptors (Lipinski definition) is 4. The fourth-order valence-corrected chi connectivity index (χ4v) is 6.28. The predicted molar refractivity (Wildman–Crippen MR) is 131 cm³/mol. The number of aromatic nitrogens is 1. The molecule has 29 heavy (non-hydrogen) atoms. The van der Waals surface area contributed by atoms with Crippen LogP contribution in [0.4, 0.5) is 5.69 Å². The first-order valence-electron chi connectivity index (χ1n) is 10.3. The molecule has 0 bridgehead atoms. The number of anilines is 1. The van der Waals surface area contributed by atoms with Gasteiger partial charge in [0.1, 0.15) is 5.01 Å². The Morgan fingerprint density at radius 1 is 1.03 bits per heavy atom. The van der Waals surface area contributed by atoms with Gasteiger partial charge in [-0.2, -0.15) is 0 Å². The smallest absolute Gasteiger partial charge is 0.123 e. The first-order chi connectivity index (χ1) is 12.8. The summed E-state index contributed by atoms with van der Waals surface area (Å²) >= 11 is 1.74. The number of hydrogen-bond donors (Lipinski definition) is 1. The number of benzene rings is 1. The summed E-state index contributed by atoms with van der Waals surface area (Å²) in [5.41, 5.74) is 5.06. The van der Waals surface area contributed by atoms with Gasteiger partial charge in [-0.15, -0.1) is 36.2 Å². The lowest BCUT2D eigenvalue weighted by molar-refractivity contribution is 0.0970. The van der Waals surface area contributed by atoms with Crippen molar-refractivity contribution in [2.45, 2.75) is 52.9 Å². The van der Waals surface area contributed by atoms with Crippen LogP contribution < -0.4 is 10.2 Å². The number of nitrogens with one attached hydrogen (secondary N) is 1. The Morgan fingerprint density at radius 3 is 2.28 bits per heavy atom. The summed E-state index contributed by atoms with van der Waals surface area (Å²) in [6.45, 7) is 14.2. The molecule has 4 rings (SSSR count). The molecule has 2 fully saturated rings. The highest BCUT2D eigenvalue weighted by Gasteiger charge is 2.40. The third-order valence-corrected chi connectivity index (χ3v) is 6.98. The normalized spacial score (nSPS) is 21.2. The molecular formula is C23H35Cl2N3S. The largest absolute Gasteiger partial charge is 0.369 e. The average Bonchev–Trinajstić information content (AvgIpc) is 3.14. The van der Waals surface area contributed by atoms with Gasteiger partial charge in [-0.05, 0) is 59.8 Å². The molecule has 162 valence electrons. The molecule has 6 heteroatoms. The molecule has 3 nitrogen and oxygen atoms in total. The molecule has 1 aliphatic carbocycles. The lowest BCUT2D eigenvalue weighted by Gasteiger charge is -2.46. The summed E-state index contributed by atoms with van der Waals surface area (Å²) < 4.78 is 0. The van der Waals surface area contributed by atoms with Crippen molar-refractivity contribution in [2.24, 2.45) is 10.8 Å². The van der Waals surface area contributed by atoms with E-state index in [9.17, 15) is 0 Å². The van der Waals surface area contributed by atoms with Gasteiger partial charge in [0.25, 0.3) is 0 Å². The van der Waals surface area contributed by atoms with Crippen molar-refractivity contribution in [3.8, 4) is 10.6 Å². The van der Waals surface area contributed by atoms with Gasteiger partial charge in [0.05, 0.1) is 0 Å². The first-order valence-corrected chi connectivity index (χ1v) is 11.2. The molecule has 1 aliphatic heterocycles. The van der Waals surface area contributed by atoms with Crippen LogP contribution in [0.3, 0.4) is 0 Å². The van der Waals surface area contributed by atoms with Crippen molar-refractivity contribution in [3.05, 3.63) is 35.3 Å². The quantitative estimate of drug-likeness (QED) is 0.581. The Bertz CT molecular complexity index is 767. The Labute approximate surface area is 192 Å². The molecule has 0 amide bonds. The second kappa shape index (κ2) is 9.55. The zero-order chi connectivity index (χ0) is 19.1. The van der Waals surface area contributed by atoms with E-state index in [-0.39, 0.29) is 24.8 Å². The molecule has 0 spiro atoms. The maximum Gasteiger partial charge on any atom is 0.123 e. The van der Waals surface area contributed by atoms with E-state index in [4.69, 9.17) is 0 Å². The van der Waals surface area contributed by atoms with Gasteiger partial charge < -0.3 is 10.2 Å². The number of piperazine rings is 1. The van der Waals surface area contributed by atoms with Crippen molar-refractivity contribution in [3.63, 3.8) is 0 Å². The Morgan fingerprint density at radius 2 is 1.69 bits per heavy atom. The summed E-state index contributed by atoms with van der Waals surface area (Å²) in [7, 11) is 0. The number of halogens is 2. The Balaban J connectivity index is 0.00000150. The van der Waals surface area contributed by atoms with Crippen LogP contribution in [0.25, 0.3) is 10.6 Å². The molecule has 1 aromatic carbocycles. The molecule has 1 aromatic heterocycles. The van der Waals surface area contributed by atoms with Gasteiger partial charge >= 0.3 is 0 Å². The summed E-state index contributed by atoms with van der Waals surface area (Å²) in [6.07, 6.45) is 5.77. The third kappa shape index (κ3) is 5.66. The summed E-state index contributed by atoms with van der Waals surface area (Å²) in [4.78, 5) is 7.16. The second-order valence-corrected chi connectivity index (χ2v) is 10.9. The van der Waals surface area contributed by atoms with Crippen molar-refractivity contribution >= 4 is 41.8 Å². The monoisotopic (exact) mass is 455 g/mol. The molecule has 1 N–H and O–H groups in total. The second-order valence-electron chi connectivity index (χ2n) is 9.96. The van der Waals surface area contributed by atoms with Gasteiger partial charge in [-0.1, -0.05) is 27.7 Å². The van der Waals surface area contributed by atoms with E-state index in [1.807, 2.05) is 6.20 Å². The van der Waals surface area contributed by atoms with E-state index in [0.29, 0.717) is 16.7 Å². The molecule has 2 heterocycles. The van der Waals surface area contributed by atoms with E-state index in [0.717, 1.165) is 31.2 Å². The van der Waals surface area contributed by atoms with Gasteiger partial charge in [-0.25, -0.2) is 4.98 Å². The Kier molecular flexibility index (Phi) is 8.06. The van der Waals surface area contributed by atoms with E-state index in [2.05, 4.69) is 66.5 Å². The zero-order valence-corrected chi connectivity index (χ0v) is 20.5. The van der Waals surface area contributed by atoms with Crippen LogP contribution in [0.15, 0.2) is 29.8 Å². The lowest BCUT2D eigenvalue weighted by Crippen LogP contribution is -2.44. The minimum Gasteiger partial charge on any atom is -0.369 e. The highest BCUT2D eigenvalue weighted by molar-refractivity contribution is 7.13. The highest BCUT2D eigenvalue weighted by atomic mass is 35.5. The van der Waals surface area contributed by atoms with Crippen molar-refractivity contribution in [1.29, 1.82) is 0 Å². The number of thiazole rings is 1. The summed E-state index contributed by atoms with van der Waals surface area (Å²) in [5.74, 6) is 0.619. The minimum absolute atomic E-state index is 0. The topological polar surface area (TPSA) is 28.2 Å². The van der Waals surface area contributed by atoms with Crippen LogP contribution in [0, 0.1) is 10.8 Å². The maximum absolute atomic E-state index is 4.57. The lowest BCUT2D eigenvalue weighted by atomic mass is 9.60. The molecule has 0 unspecified atom stereocenters. The molecule has 0 atom stereocenters. The van der Waals surface area contributed by atoms with Crippen molar-refractivity contribution in [1.82, 2.24) is 10.3 Å². The SMILES string of the molecule is CC1(C)CC(c2cc(-c3nccs3)ccc2N2CCNCC2)CC(C)(C)C1.Cl.Cl. The van der Waals surface area contributed by atoms with E-state index in [1.54, 1.807) is 16.9 Å². The summed E-state index contributed by atoms with van der Waals surface area (Å²) in [6, 6.07) is 7.10. The molecule has 1 saturated carbocycles. The van der Waals surface area contributed by atoms with Gasteiger partial charge in [0.2, 0.25) is 0 Å². The van der Waals surface area contributed by atoms with E-state index < -0.39 is 0 Å². The highest BCUT2D eigenvalue weighted by Crippen LogP contribution is 2.53. The molecule has 2 aromatic rings. The fraction of sp³-hybridized carbons (Fsp3) is 0.609. The standard InChI is InChI=1S/C23H33N3S.2ClH/c1-22(2)14-18(15-23(3,4)16-22)19-13-17(21-25-9-12-27-21)5-6-20(19)26-10-7-24-8-11-26;;/h5-6,9,12-13,18,24H,7-8,10-11,14-16H2,1-4H3;2*1H. The van der Waals surface area contributed by atoms with Crippen LogP contribution in [0.5, 0.6) is 0 Å². The van der Waals surface area contributed by atoms with Crippen LogP contribution in [0.2, 0.25) is 0 Å². The van der Waals surface area contributed by atoms with Crippen LogP contribution in [-0.2, 0) is 0 Å². The van der Waals surface area contributed by atoms with Crippen LogP contribution >= 0.6 is 36.2 Å². The van der Waals surface area contributed by atoms with Crippen LogP contribution in [-0.4, -0.2) is 31.2 Å². The zero-order valence-electron chi connectivity index (χ0n) is 18.0. The maximum atomic E-state index is 4.57. The third-order valence-electron chi connectivity index (χ3n) is 6.16. The van der Waals surface area contributed by atoms with Gasteiger partial charge in [0.15, 0.2) is 0 Å². The van der Waals surface area contributed by atoms with Gasteiger partial charge in [-0.3, -0.25) is 0 Å². The first kappa shape index (κ1) is 24.5. The van der Waals surface area contributed by atoms with E-state index in [1.165, 1.54) is 30.5 Å². The number of nitrogens with zero attached hydrogens (tertiary/aromatic N) is 2. The van der Waals surface area contributed by atoms with E-state index >= 15 is 0 Å².